The van der Waals surface area contributed by atoms with Crippen molar-refractivity contribution in [3.8, 4) is 0 Å². The third-order valence-corrected chi connectivity index (χ3v) is 6.29. The monoisotopic (exact) mass is 272 g/mol. The molecule has 0 amide bonds. The van der Waals surface area contributed by atoms with E-state index in [1.54, 1.807) is 0 Å². The average molecular weight is 273 g/mol. The predicted octanol–water partition coefficient (Wildman–Crippen LogP) is 5.01. The molecule has 0 aromatic carbocycles. The Bertz CT molecular complexity index is 241. The van der Waals surface area contributed by atoms with Crippen LogP contribution in [0.2, 0.25) is 0 Å². The maximum atomic E-state index is 3.98. The molecule has 0 spiro atoms. The van der Waals surface area contributed by atoms with Crippen molar-refractivity contribution in [2.45, 2.75) is 64.6 Å². The molecule has 88 valence electrons. The molecular formula is C14H25Br. The molecule has 2 saturated carbocycles. The molecule has 1 heteroatoms. The van der Waals surface area contributed by atoms with Gasteiger partial charge in [0.1, 0.15) is 0 Å². The van der Waals surface area contributed by atoms with E-state index in [1.807, 2.05) is 0 Å². The lowest BCUT2D eigenvalue weighted by atomic mass is 9.62. The van der Waals surface area contributed by atoms with E-state index in [4.69, 9.17) is 0 Å². The lowest BCUT2D eigenvalue weighted by Crippen LogP contribution is -2.40. The van der Waals surface area contributed by atoms with Crippen LogP contribution < -0.4 is 0 Å². The summed E-state index contributed by atoms with van der Waals surface area (Å²) in [5.41, 5.74) is 1.20. The first-order chi connectivity index (χ1) is 6.92. The molecule has 0 N–H and O–H groups in total. The summed E-state index contributed by atoms with van der Waals surface area (Å²) in [6.07, 6.45) is 7.08. The predicted molar refractivity (Wildman–Crippen MR) is 70.3 cm³/mol. The summed E-state index contributed by atoms with van der Waals surface area (Å²) >= 11 is 3.98. The van der Waals surface area contributed by atoms with E-state index < -0.39 is 0 Å². The van der Waals surface area contributed by atoms with E-state index in [0.29, 0.717) is 10.8 Å². The van der Waals surface area contributed by atoms with Crippen molar-refractivity contribution in [1.82, 2.24) is 0 Å². The minimum atomic E-state index is 0.566. The first-order valence-corrected chi connectivity index (χ1v) is 7.47. The van der Waals surface area contributed by atoms with Crippen molar-refractivity contribution in [3.05, 3.63) is 0 Å². The Labute approximate surface area is 103 Å². The molecule has 0 heterocycles. The zero-order valence-electron chi connectivity index (χ0n) is 10.6. The number of halogens is 1. The average Bonchev–Trinajstić information content (AvgIpc) is 2.55. The number of rotatable bonds is 3. The number of fused-ring (bicyclic) bond motifs is 2. The lowest BCUT2D eigenvalue weighted by molar-refractivity contribution is 0.0720. The van der Waals surface area contributed by atoms with Gasteiger partial charge < -0.3 is 0 Å². The maximum absolute atomic E-state index is 3.98. The van der Waals surface area contributed by atoms with Crippen LogP contribution in [0.4, 0.5) is 0 Å². The fraction of sp³-hybridized carbons (Fsp3) is 1.00. The highest BCUT2D eigenvalue weighted by Gasteiger charge is 2.60. The summed E-state index contributed by atoms with van der Waals surface area (Å²) in [5, 5.41) is 0. The fourth-order valence-corrected chi connectivity index (χ4v) is 6.46. The van der Waals surface area contributed by atoms with Gasteiger partial charge in [0.25, 0.3) is 0 Å². The standard InChI is InChI=1S/C14H25Br/c1-5-6-11(15)12-13(2,3)10-7-8-14(12,4)9-10/h10-12H,5-9H2,1-4H3. The van der Waals surface area contributed by atoms with Gasteiger partial charge >= 0.3 is 0 Å². The molecule has 0 aromatic heterocycles. The van der Waals surface area contributed by atoms with E-state index in [2.05, 4.69) is 43.6 Å². The van der Waals surface area contributed by atoms with Crippen LogP contribution in [0.3, 0.4) is 0 Å². The van der Waals surface area contributed by atoms with Gasteiger partial charge in [0.05, 0.1) is 0 Å². The Morgan fingerprint density at radius 1 is 1.33 bits per heavy atom. The zero-order chi connectivity index (χ0) is 11.3. The molecule has 0 aliphatic heterocycles. The number of hydrogen-bond acceptors (Lipinski definition) is 0. The van der Waals surface area contributed by atoms with Gasteiger partial charge in [-0.2, -0.15) is 0 Å². The van der Waals surface area contributed by atoms with Crippen LogP contribution in [-0.2, 0) is 0 Å². The first-order valence-electron chi connectivity index (χ1n) is 6.56. The van der Waals surface area contributed by atoms with Crippen LogP contribution in [-0.4, -0.2) is 4.83 Å². The molecule has 2 fully saturated rings. The second kappa shape index (κ2) is 3.75. The number of hydrogen-bond donors (Lipinski definition) is 0. The van der Waals surface area contributed by atoms with E-state index in [0.717, 1.165) is 16.7 Å². The van der Waals surface area contributed by atoms with Crippen LogP contribution >= 0.6 is 15.9 Å². The van der Waals surface area contributed by atoms with Gasteiger partial charge in [0.2, 0.25) is 0 Å². The van der Waals surface area contributed by atoms with Crippen molar-refractivity contribution in [3.63, 3.8) is 0 Å². The van der Waals surface area contributed by atoms with E-state index >= 15 is 0 Å². The molecule has 2 rings (SSSR count). The van der Waals surface area contributed by atoms with Gasteiger partial charge in [-0.3, -0.25) is 0 Å². The van der Waals surface area contributed by atoms with Crippen LogP contribution in [0.25, 0.3) is 0 Å². The fourth-order valence-electron chi connectivity index (χ4n) is 4.69. The zero-order valence-corrected chi connectivity index (χ0v) is 12.2. The van der Waals surface area contributed by atoms with Crippen molar-refractivity contribution in [2.24, 2.45) is 22.7 Å². The van der Waals surface area contributed by atoms with Crippen molar-refractivity contribution in [2.75, 3.05) is 0 Å². The van der Waals surface area contributed by atoms with Crippen LogP contribution in [0.15, 0.2) is 0 Å². The molecule has 2 bridgehead atoms. The summed E-state index contributed by atoms with van der Waals surface area (Å²) < 4.78 is 0. The normalized spacial score (nSPS) is 44.6. The minimum absolute atomic E-state index is 0.566. The Morgan fingerprint density at radius 3 is 2.47 bits per heavy atom. The maximum Gasteiger partial charge on any atom is 0.0184 e. The molecule has 2 aliphatic carbocycles. The van der Waals surface area contributed by atoms with Crippen LogP contribution in [0, 0.1) is 22.7 Å². The van der Waals surface area contributed by atoms with Gasteiger partial charge in [0.15, 0.2) is 0 Å². The third-order valence-electron chi connectivity index (χ3n) is 5.31. The Balaban J connectivity index is 2.22. The highest BCUT2D eigenvalue weighted by atomic mass is 79.9. The van der Waals surface area contributed by atoms with Crippen molar-refractivity contribution < 1.29 is 0 Å². The van der Waals surface area contributed by atoms with Crippen molar-refractivity contribution in [1.29, 1.82) is 0 Å². The molecule has 15 heavy (non-hydrogen) atoms. The first kappa shape index (κ1) is 12.0. The van der Waals surface area contributed by atoms with E-state index in [-0.39, 0.29) is 0 Å². The van der Waals surface area contributed by atoms with E-state index in [9.17, 15) is 0 Å². The minimum Gasteiger partial charge on any atom is -0.0887 e. The molecular weight excluding hydrogens is 248 g/mol. The second-order valence-corrected chi connectivity index (χ2v) is 7.87. The topological polar surface area (TPSA) is 0 Å². The summed E-state index contributed by atoms with van der Waals surface area (Å²) in [6, 6.07) is 0. The van der Waals surface area contributed by atoms with Gasteiger partial charge in [-0.1, -0.05) is 50.0 Å². The molecule has 0 aromatic rings. The Hall–Kier alpha value is 0.480. The quantitative estimate of drug-likeness (QED) is 0.634. The highest BCUT2D eigenvalue weighted by molar-refractivity contribution is 9.09. The SMILES string of the molecule is CCCC(Br)C1C2(C)CCC(C2)C1(C)C. The van der Waals surface area contributed by atoms with Gasteiger partial charge in [0, 0.05) is 4.83 Å². The lowest BCUT2D eigenvalue weighted by Gasteiger charge is -2.45. The van der Waals surface area contributed by atoms with Gasteiger partial charge in [-0.15, -0.1) is 0 Å². The van der Waals surface area contributed by atoms with Crippen LogP contribution in [0.1, 0.15) is 59.8 Å². The second-order valence-electron chi connectivity index (χ2n) is 6.70. The van der Waals surface area contributed by atoms with Gasteiger partial charge in [-0.25, -0.2) is 0 Å². The van der Waals surface area contributed by atoms with E-state index in [1.165, 1.54) is 32.1 Å². The molecule has 4 atom stereocenters. The molecule has 0 saturated heterocycles. The van der Waals surface area contributed by atoms with Gasteiger partial charge in [-0.05, 0) is 48.3 Å². The summed E-state index contributed by atoms with van der Waals surface area (Å²) in [7, 11) is 0. The summed E-state index contributed by atoms with van der Waals surface area (Å²) in [4.78, 5) is 0.743. The van der Waals surface area contributed by atoms with Crippen LogP contribution in [0.5, 0.6) is 0 Å². The largest absolute Gasteiger partial charge is 0.0887 e. The molecule has 0 radical (unpaired) electrons. The molecule has 4 unspecified atom stereocenters. The molecule has 0 nitrogen and oxygen atoms in total. The summed E-state index contributed by atoms with van der Waals surface area (Å²) in [6.45, 7) is 9.86. The van der Waals surface area contributed by atoms with Crippen molar-refractivity contribution >= 4 is 15.9 Å². The summed E-state index contributed by atoms with van der Waals surface area (Å²) in [5.74, 6) is 1.88. The number of alkyl halides is 1. The Morgan fingerprint density at radius 2 is 2.00 bits per heavy atom. The Kier molecular flexibility index (Phi) is 2.99. The third kappa shape index (κ3) is 1.69. The highest BCUT2D eigenvalue weighted by Crippen LogP contribution is 2.68. The molecule has 2 aliphatic rings. The smallest absolute Gasteiger partial charge is 0.0184 e.